The molecule has 2 saturated heterocycles. The predicted octanol–water partition coefficient (Wildman–Crippen LogP) is 1.81. The summed E-state index contributed by atoms with van der Waals surface area (Å²) < 4.78 is 1.95. The lowest BCUT2D eigenvalue weighted by molar-refractivity contribution is 0.0915. The van der Waals surface area contributed by atoms with E-state index in [0.29, 0.717) is 5.82 Å². The van der Waals surface area contributed by atoms with Gasteiger partial charge in [-0.3, -0.25) is 4.68 Å². The summed E-state index contributed by atoms with van der Waals surface area (Å²) in [4.78, 5) is 5.36. The number of hydrogen-bond donors (Lipinski definition) is 1. The maximum atomic E-state index is 5.63. The minimum Gasteiger partial charge on any atom is -0.382 e. The topological polar surface area (TPSA) is 50.3 Å². The second-order valence-electron chi connectivity index (χ2n) is 6.53. The van der Waals surface area contributed by atoms with E-state index in [1.165, 1.54) is 64.8 Å². The molecule has 2 aliphatic rings. The molecular weight excluding hydrogens is 262 g/mol. The van der Waals surface area contributed by atoms with Gasteiger partial charge in [0.05, 0.1) is 0 Å². The quantitative estimate of drug-likeness (QED) is 0.899. The van der Waals surface area contributed by atoms with Gasteiger partial charge in [-0.2, -0.15) is 5.10 Å². The van der Waals surface area contributed by atoms with Crippen molar-refractivity contribution < 1.29 is 0 Å². The molecule has 2 aliphatic heterocycles. The molecule has 0 aliphatic carbocycles. The molecule has 2 N–H and O–H groups in total. The van der Waals surface area contributed by atoms with Gasteiger partial charge < -0.3 is 15.5 Å². The molecule has 1 aromatic rings. The number of aromatic nitrogens is 2. The van der Waals surface area contributed by atoms with E-state index in [1.54, 1.807) is 0 Å². The molecule has 118 valence electrons. The van der Waals surface area contributed by atoms with Crippen molar-refractivity contribution in [3.63, 3.8) is 0 Å². The molecule has 0 radical (unpaired) electrons. The van der Waals surface area contributed by atoms with Crippen LogP contribution >= 0.6 is 0 Å². The van der Waals surface area contributed by atoms with Gasteiger partial charge in [0.25, 0.3) is 0 Å². The van der Waals surface area contributed by atoms with E-state index in [2.05, 4.69) is 14.9 Å². The van der Waals surface area contributed by atoms with Gasteiger partial charge in [0.15, 0.2) is 0 Å². The number of anilines is 1. The van der Waals surface area contributed by atoms with Crippen LogP contribution < -0.4 is 5.73 Å². The molecule has 3 heterocycles. The van der Waals surface area contributed by atoms with E-state index >= 15 is 0 Å². The molecular formula is C16H29N5. The number of likely N-dealkylation sites (tertiary alicyclic amines) is 2. The Hall–Kier alpha value is -1.07. The van der Waals surface area contributed by atoms with Crippen LogP contribution in [-0.4, -0.2) is 58.3 Å². The van der Waals surface area contributed by atoms with E-state index in [1.807, 2.05) is 16.9 Å². The van der Waals surface area contributed by atoms with Crippen molar-refractivity contribution in [2.45, 2.75) is 51.1 Å². The first-order chi connectivity index (χ1) is 10.3. The highest BCUT2D eigenvalue weighted by Gasteiger charge is 2.25. The molecule has 21 heavy (non-hydrogen) atoms. The van der Waals surface area contributed by atoms with E-state index in [-0.39, 0.29) is 0 Å². The summed E-state index contributed by atoms with van der Waals surface area (Å²) in [6.07, 6.45) is 10.1. The standard InChI is InChI=1S/C16H29N5/c17-16-7-14-21(18-16)11-4-8-19-12-5-15(6-13-19)20-9-2-1-3-10-20/h7,14-15H,1-6,8-13H2,(H2,17,18). The van der Waals surface area contributed by atoms with Crippen molar-refractivity contribution in [2.24, 2.45) is 0 Å². The SMILES string of the molecule is Nc1ccn(CCCN2CCC(N3CCCCC3)CC2)n1. The summed E-state index contributed by atoms with van der Waals surface area (Å²) >= 11 is 0. The smallest absolute Gasteiger partial charge is 0.145 e. The molecule has 5 nitrogen and oxygen atoms in total. The lowest BCUT2D eigenvalue weighted by Gasteiger charge is -2.40. The third kappa shape index (κ3) is 4.20. The first-order valence-corrected chi connectivity index (χ1v) is 8.56. The van der Waals surface area contributed by atoms with Crippen LogP contribution in [0.1, 0.15) is 38.5 Å². The lowest BCUT2D eigenvalue weighted by Crippen LogP contribution is -2.46. The first kappa shape index (κ1) is 14.9. The fraction of sp³-hybridized carbons (Fsp3) is 0.812. The second kappa shape index (κ2) is 7.27. The first-order valence-electron chi connectivity index (χ1n) is 8.56. The molecule has 0 saturated carbocycles. The number of nitrogens with two attached hydrogens (primary N) is 1. The number of hydrogen-bond acceptors (Lipinski definition) is 4. The number of aryl methyl sites for hydroxylation is 1. The molecule has 5 heteroatoms. The largest absolute Gasteiger partial charge is 0.382 e. The average Bonchev–Trinajstić information content (AvgIpc) is 2.94. The Balaban J connectivity index is 1.33. The van der Waals surface area contributed by atoms with Crippen molar-refractivity contribution in [1.82, 2.24) is 19.6 Å². The second-order valence-corrected chi connectivity index (χ2v) is 6.53. The van der Waals surface area contributed by atoms with E-state index in [0.717, 1.165) is 19.0 Å². The zero-order chi connectivity index (χ0) is 14.5. The summed E-state index contributed by atoms with van der Waals surface area (Å²) in [5.74, 6) is 0.623. The lowest BCUT2D eigenvalue weighted by atomic mass is 10.00. The van der Waals surface area contributed by atoms with Crippen LogP contribution in [0.4, 0.5) is 5.82 Å². The van der Waals surface area contributed by atoms with Crippen LogP contribution in [0, 0.1) is 0 Å². The van der Waals surface area contributed by atoms with Gasteiger partial charge in [0.1, 0.15) is 5.82 Å². The fourth-order valence-corrected chi connectivity index (χ4v) is 3.75. The van der Waals surface area contributed by atoms with Crippen LogP contribution in [0.15, 0.2) is 12.3 Å². The Morgan fingerprint density at radius 3 is 2.48 bits per heavy atom. The van der Waals surface area contributed by atoms with Crippen LogP contribution in [0.3, 0.4) is 0 Å². The average molecular weight is 291 g/mol. The monoisotopic (exact) mass is 291 g/mol. The van der Waals surface area contributed by atoms with Gasteiger partial charge in [0.2, 0.25) is 0 Å². The van der Waals surface area contributed by atoms with Gasteiger partial charge in [-0.05, 0) is 70.9 Å². The number of piperidine rings is 2. The maximum absolute atomic E-state index is 5.63. The third-order valence-corrected chi connectivity index (χ3v) is 4.99. The summed E-state index contributed by atoms with van der Waals surface area (Å²) in [7, 11) is 0. The van der Waals surface area contributed by atoms with Gasteiger partial charge in [-0.15, -0.1) is 0 Å². The zero-order valence-electron chi connectivity index (χ0n) is 13.1. The zero-order valence-corrected chi connectivity index (χ0v) is 13.1. The third-order valence-electron chi connectivity index (χ3n) is 4.99. The molecule has 0 amide bonds. The van der Waals surface area contributed by atoms with Crippen molar-refractivity contribution in [1.29, 1.82) is 0 Å². The van der Waals surface area contributed by atoms with Gasteiger partial charge in [0, 0.05) is 18.8 Å². The molecule has 2 fully saturated rings. The van der Waals surface area contributed by atoms with E-state index < -0.39 is 0 Å². The summed E-state index contributed by atoms with van der Waals surface area (Å²) in [5, 5.41) is 4.24. The van der Waals surface area contributed by atoms with Crippen LogP contribution in [0.5, 0.6) is 0 Å². The van der Waals surface area contributed by atoms with Crippen molar-refractivity contribution >= 4 is 5.82 Å². The maximum Gasteiger partial charge on any atom is 0.145 e. The van der Waals surface area contributed by atoms with Gasteiger partial charge in [-0.25, -0.2) is 0 Å². The van der Waals surface area contributed by atoms with Crippen LogP contribution in [0.2, 0.25) is 0 Å². The summed E-state index contributed by atoms with van der Waals surface area (Å²) in [6, 6.07) is 2.72. The Kier molecular flexibility index (Phi) is 5.14. The molecule has 1 aromatic heterocycles. The highest BCUT2D eigenvalue weighted by atomic mass is 15.3. The molecule has 0 aromatic carbocycles. The van der Waals surface area contributed by atoms with Crippen molar-refractivity contribution in [3.05, 3.63) is 12.3 Å². The molecule has 0 bridgehead atoms. The van der Waals surface area contributed by atoms with Gasteiger partial charge >= 0.3 is 0 Å². The highest BCUT2D eigenvalue weighted by molar-refractivity contribution is 5.23. The Bertz CT molecular complexity index is 416. The minimum atomic E-state index is 0.623. The molecule has 0 spiro atoms. The highest BCUT2D eigenvalue weighted by Crippen LogP contribution is 2.20. The van der Waals surface area contributed by atoms with E-state index in [4.69, 9.17) is 5.73 Å². The van der Waals surface area contributed by atoms with Crippen molar-refractivity contribution in [3.8, 4) is 0 Å². The van der Waals surface area contributed by atoms with Crippen molar-refractivity contribution in [2.75, 3.05) is 38.5 Å². The Labute approximate surface area is 128 Å². The van der Waals surface area contributed by atoms with Gasteiger partial charge in [-0.1, -0.05) is 6.42 Å². The molecule has 3 rings (SSSR count). The Morgan fingerprint density at radius 1 is 1.05 bits per heavy atom. The number of nitrogens with zero attached hydrogens (tertiary/aromatic N) is 4. The molecule has 0 atom stereocenters. The number of rotatable bonds is 5. The summed E-state index contributed by atoms with van der Waals surface area (Å²) in [6.45, 7) is 7.37. The van der Waals surface area contributed by atoms with Crippen LogP contribution in [0.25, 0.3) is 0 Å². The summed E-state index contributed by atoms with van der Waals surface area (Å²) in [5.41, 5.74) is 5.63. The van der Waals surface area contributed by atoms with Crippen LogP contribution in [-0.2, 0) is 6.54 Å². The Morgan fingerprint density at radius 2 is 1.81 bits per heavy atom. The molecule has 0 unspecified atom stereocenters. The normalized spacial score (nSPS) is 22.7. The predicted molar refractivity (Wildman–Crippen MR) is 86.1 cm³/mol. The fourth-order valence-electron chi connectivity index (χ4n) is 3.75. The minimum absolute atomic E-state index is 0.623. The number of nitrogen functional groups attached to an aromatic ring is 1. The van der Waals surface area contributed by atoms with E-state index in [9.17, 15) is 0 Å².